The summed E-state index contributed by atoms with van der Waals surface area (Å²) in [6, 6.07) is 28.9. The molecule has 0 radical (unpaired) electrons. The molecule has 0 unspecified atom stereocenters. The molecule has 6 rings (SSSR count). The summed E-state index contributed by atoms with van der Waals surface area (Å²) < 4.78 is 0. The van der Waals surface area contributed by atoms with Crippen molar-refractivity contribution in [2.45, 2.75) is 11.3 Å². The standard InChI is InChI=1S/C28H18O4/c29-26(30)28(27(31)32)22-14-6-5-12-20(22)25-21(13-7-15-23(25)28)24-18-10-3-1-8-16(18)17-9-2-4-11-19(17)24/h1-15,24H,(H,29,30)(H,31,32). The average molecular weight is 418 g/mol. The van der Waals surface area contributed by atoms with Crippen LogP contribution in [0.5, 0.6) is 0 Å². The van der Waals surface area contributed by atoms with E-state index in [9.17, 15) is 19.8 Å². The van der Waals surface area contributed by atoms with E-state index in [1.807, 2.05) is 42.5 Å². The number of aliphatic carboxylic acids is 2. The van der Waals surface area contributed by atoms with E-state index >= 15 is 0 Å². The smallest absolute Gasteiger partial charge is 0.330 e. The summed E-state index contributed by atoms with van der Waals surface area (Å²) in [4.78, 5) is 25.1. The fourth-order valence-electron chi connectivity index (χ4n) is 5.64. The van der Waals surface area contributed by atoms with E-state index < -0.39 is 17.4 Å². The number of carbonyl (C=O) groups is 2. The molecule has 4 nitrogen and oxygen atoms in total. The van der Waals surface area contributed by atoms with Gasteiger partial charge in [-0.2, -0.15) is 0 Å². The predicted octanol–water partition coefficient (Wildman–Crippen LogP) is 5.28. The summed E-state index contributed by atoms with van der Waals surface area (Å²) in [6.45, 7) is 0. The highest BCUT2D eigenvalue weighted by Crippen LogP contribution is 2.56. The molecule has 0 aromatic heterocycles. The van der Waals surface area contributed by atoms with Gasteiger partial charge >= 0.3 is 11.9 Å². The van der Waals surface area contributed by atoms with Crippen LogP contribution in [0.4, 0.5) is 0 Å². The molecular formula is C28H18O4. The number of fused-ring (bicyclic) bond motifs is 6. The first-order valence-corrected chi connectivity index (χ1v) is 10.4. The van der Waals surface area contributed by atoms with Gasteiger partial charge in [-0.3, -0.25) is 9.59 Å². The molecule has 4 aromatic rings. The lowest BCUT2D eigenvalue weighted by Crippen LogP contribution is -2.43. The van der Waals surface area contributed by atoms with Crippen molar-refractivity contribution in [3.8, 4) is 22.3 Å². The second-order valence-corrected chi connectivity index (χ2v) is 8.28. The molecule has 0 heterocycles. The number of rotatable bonds is 3. The molecule has 0 saturated carbocycles. The van der Waals surface area contributed by atoms with E-state index in [2.05, 4.69) is 24.3 Å². The van der Waals surface area contributed by atoms with Gasteiger partial charge in [-0.1, -0.05) is 91.0 Å². The topological polar surface area (TPSA) is 74.6 Å². The highest BCUT2D eigenvalue weighted by Gasteiger charge is 2.57. The number of hydrogen-bond acceptors (Lipinski definition) is 2. The molecule has 2 aliphatic rings. The Bertz CT molecular complexity index is 1390. The average Bonchev–Trinajstić information content (AvgIpc) is 3.30. The van der Waals surface area contributed by atoms with Gasteiger partial charge in [0, 0.05) is 5.92 Å². The van der Waals surface area contributed by atoms with E-state index in [0.717, 1.165) is 27.8 Å². The number of carboxylic acids is 2. The lowest BCUT2D eigenvalue weighted by Gasteiger charge is -2.23. The van der Waals surface area contributed by atoms with Crippen LogP contribution >= 0.6 is 0 Å². The third-order valence-electron chi connectivity index (χ3n) is 6.89. The third kappa shape index (κ3) is 2.11. The van der Waals surface area contributed by atoms with Gasteiger partial charge < -0.3 is 10.2 Å². The van der Waals surface area contributed by atoms with Crippen molar-refractivity contribution in [2.24, 2.45) is 0 Å². The highest BCUT2D eigenvalue weighted by molar-refractivity contribution is 6.14. The van der Waals surface area contributed by atoms with Crippen molar-refractivity contribution < 1.29 is 19.8 Å². The van der Waals surface area contributed by atoms with E-state index in [0.29, 0.717) is 22.3 Å². The van der Waals surface area contributed by atoms with Crippen LogP contribution < -0.4 is 0 Å². The Kier molecular flexibility index (Phi) is 3.72. The first-order chi connectivity index (χ1) is 15.6. The zero-order valence-electron chi connectivity index (χ0n) is 16.9. The summed E-state index contributed by atoms with van der Waals surface area (Å²) in [5, 5.41) is 20.4. The van der Waals surface area contributed by atoms with Crippen molar-refractivity contribution in [3.63, 3.8) is 0 Å². The first-order valence-electron chi connectivity index (χ1n) is 10.4. The molecule has 4 heteroatoms. The second kappa shape index (κ2) is 6.41. The minimum Gasteiger partial charge on any atom is -0.480 e. The fourth-order valence-corrected chi connectivity index (χ4v) is 5.64. The van der Waals surface area contributed by atoms with Crippen LogP contribution in [0.1, 0.15) is 33.7 Å². The predicted molar refractivity (Wildman–Crippen MR) is 121 cm³/mol. The number of benzene rings is 4. The van der Waals surface area contributed by atoms with Gasteiger partial charge in [0.25, 0.3) is 0 Å². The van der Waals surface area contributed by atoms with Crippen LogP contribution in [0, 0.1) is 0 Å². The molecule has 2 N–H and O–H groups in total. The Balaban J connectivity index is 1.72. The van der Waals surface area contributed by atoms with E-state index in [4.69, 9.17) is 0 Å². The Morgan fingerprint density at radius 2 is 1.03 bits per heavy atom. The maximum Gasteiger partial charge on any atom is 0.330 e. The minimum atomic E-state index is -2.13. The molecule has 154 valence electrons. The fraction of sp³-hybridized carbons (Fsp3) is 0.0714. The highest BCUT2D eigenvalue weighted by atomic mass is 16.4. The van der Waals surface area contributed by atoms with Crippen LogP contribution in [-0.4, -0.2) is 22.2 Å². The zero-order valence-corrected chi connectivity index (χ0v) is 16.9. The molecule has 2 aliphatic carbocycles. The summed E-state index contributed by atoms with van der Waals surface area (Å²) in [7, 11) is 0. The molecule has 0 amide bonds. The van der Waals surface area contributed by atoms with Gasteiger partial charge in [-0.25, -0.2) is 0 Å². The molecular weight excluding hydrogens is 400 g/mol. The Morgan fingerprint density at radius 3 is 1.62 bits per heavy atom. The maximum absolute atomic E-state index is 12.5. The van der Waals surface area contributed by atoms with Crippen LogP contribution in [-0.2, 0) is 15.0 Å². The molecule has 4 aromatic carbocycles. The van der Waals surface area contributed by atoms with Crippen LogP contribution in [0.3, 0.4) is 0 Å². The molecule has 0 saturated heterocycles. The molecule has 0 aliphatic heterocycles. The van der Waals surface area contributed by atoms with Gasteiger partial charge in [-0.15, -0.1) is 0 Å². The monoisotopic (exact) mass is 418 g/mol. The number of hydrogen-bond donors (Lipinski definition) is 2. The second-order valence-electron chi connectivity index (χ2n) is 8.28. The van der Waals surface area contributed by atoms with Crippen molar-refractivity contribution in [1.82, 2.24) is 0 Å². The van der Waals surface area contributed by atoms with Crippen LogP contribution in [0.15, 0.2) is 91.0 Å². The van der Waals surface area contributed by atoms with Gasteiger partial charge in [-0.05, 0) is 50.1 Å². The summed E-state index contributed by atoms with van der Waals surface area (Å²) in [6.07, 6.45) is 0. The summed E-state index contributed by atoms with van der Waals surface area (Å²) in [5.74, 6) is -2.86. The third-order valence-corrected chi connectivity index (χ3v) is 6.89. The lowest BCUT2D eigenvalue weighted by molar-refractivity contribution is -0.154. The Hall–Kier alpha value is -4.18. The van der Waals surface area contributed by atoms with Gasteiger partial charge in [0.05, 0.1) is 0 Å². The number of carboxylic acid groups (broad SMARTS) is 2. The van der Waals surface area contributed by atoms with Gasteiger partial charge in [0.1, 0.15) is 0 Å². The molecule has 0 fully saturated rings. The van der Waals surface area contributed by atoms with E-state index in [1.165, 1.54) is 0 Å². The quantitative estimate of drug-likeness (QED) is 0.391. The lowest BCUT2D eigenvalue weighted by atomic mass is 9.77. The largest absolute Gasteiger partial charge is 0.480 e. The Labute approximate surface area is 184 Å². The van der Waals surface area contributed by atoms with Crippen molar-refractivity contribution in [3.05, 3.63) is 119 Å². The normalized spacial score (nSPS) is 14.9. The SMILES string of the molecule is O=C(O)C1(C(=O)O)c2ccccc2-c2c(C3c4ccccc4-c4ccccc43)cccc21. The zero-order chi connectivity index (χ0) is 22.0. The maximum atomic E-state index is 12.5. The molecule has 0 spiro atoms. The minimum absolute atomic E-state index is 0.108. The van der Waals surface area contributed by atoms with Gasteiger partial charge in [0.15, 0.2) is 0 Å². The first kappa shape index (κ1) is 18.6. The summed E-state index contributed by atoms with van der Waals surface area (Å²) in [5.41, 5.74) is 5.40. The van der Waals surface area contributed by atoms with Crippen molar-refractivity contribution in [2.75, 3.05) is 0 Å². The van der Waals surface area contributed by atoms with E-state index in [-0.39, 0.29) is 5.92 Å². The molecule has 0 bridgehead atoms. The van der Waals surface area contributed by atoms with Crippen molar-refractivity contribution in [1.29, 1.82) is 0 Å². The molecule has 0 atom stereocenters. The Morgan fingerprint density at radius 1 is 0.562 bits per heavy atom. The van der Waals surface area contributed by atoms with E-state index in [1.54, 1.807) is 24.3 Å². The van der Waals surface area contributed by atoms with Crippen molar-refractivity contribution >= 4 is 11.9 Å². The van der Waals surface area contributed by atoms with Crippen LogP contribution in [0.2, 0.25) is 0 Å². The molecule has 32 heavy (non-hydrogen) atoms. The van der Waals surface area contributed by atoms with Crippen LogP contribution in [0.25, 0.3) is 22.3 Å². The van der Waals surface area contributed by atoms with Gasteiger partial charge in [0.2, 0.25) is 5.41 Å². The summed E-state index contributed by atoms with van der Waals surface area (Å²) >= 11 is 0.